The average molecular weight is 496 g/mol. The molecule has 2 aliphatic rings. The van der Waals surface area contributed by atoms with Crippen LogP contribution >= 0.6 is 11.3 Å². The number of rotatable bonds is 7. The number of thiophene rings is 1. The van der Waals surface area contributed by atoms with Gasteiger partial charge in [-0.1, -0.05) is 18.2 Å². The van der Waals surface area contributed by atoms with E-state index in [1.807, 2.05) is 41.1 Å². The third kappa shape index (κ3) is 4.55. The zero-order valence-corrected chi connectivity index (χ0v) is 21.1. The van der Waals surface area contributed by atoms with Crippen molar-refractivity contribution in [2.75, 3.05) is 20.3 Å². The van der Waals surface area contributed by atoms with Gasteiger partial charge in [-0.15, -0.1) is 0 Å². The van der Waals surface area contributed by atoms with E-state index in [1.165, 1.54) is 11.3 Å². The van der Waals surface area contributed by atoms with Crippen LogP contribution in [-0.2, 0) is 23.9 Å². The number of fused-ring (bicyclic) bond motifs is 1. The first-order valence-electron chi connectivity index (χ1n) is 11.7. The van der Waals surface area contributed by atoms with Gasteiger partial charge in [0.25, 0.3) is 0 Å². The lowest BCUT2D eigenvalue weighted by Gasteiger charge is -2.41. The Balaban J connectivity index is 1.88. The third-order valence-electron chi connectivity index (χ3n) is 6.63. The van der Waals surface area contributed by atoms with Crippen molar-refractivity contribution >= 4 is 34.8 Å². The Bertz CT molecular complexity index is 1180. The van der Waals surface area contributed by atoms with Crippen LogP contribution in [0.2, 0.25) is 0 Å². The Morgan fingerprint density at radius 3 is 2.49 bits per heavy atom. The van der Waals surface area contributed by atoms with Crippen molar-refractivity contribution in [3.05, 3.63) is 63.5 Å². The topological polar surface area (TPSA) is 91.3 Å². The summed E-state index contributed by atoms with van der Waals surface area (Å²) < 4.78 is 16.3. The molecule has 2 aromatic rings. The van der Waals surface area contributed by atoms with Crippen molar-refractivity contribution in [1.82, 2.24) is 0 Å². The zero-order chi connectivity index (χ0) is 25.1. The Labute approximate surface area is 208 Å². The lowest BCUT2D eigenvalue weighted by molar-refractivity contribution is -0.153. The van der Waals surface area contributed by atoms with Crippen molar-refractivity contribution < 1.29 is 28.6 Å². The number of esters is 2. The number of hydrogen-bond donors (Lipinski definition) is 0. The van der Waals surface area contributed by atoms with E-state index in [0.717, 1.165) is 11.1 Å². The molecule has 184 valence electrons. The lowest BCUT2D eigenvalue weighted by atomic mass is 9.62. The zero-order valence-electron chi connectivity index (χ0n) is 20.3. The van der Waals surface area contributed by atoms with Crippen LogP contribution in [0.25, 0.3) is 0 Å². The van der Waals surface area contributed by atoms with Gasteiger partial charge >= 0.3 is 11.9 Å². The molecule has 0 amide bonds. The summed E-state index contributed by atoms with van der Waals surface area (Å²) >= 11 is 1.49. The Kier molecular flexibility index (Phi) is 7.50. The predicted octanol–water partition coefficient (Wildman–Crippen LogP) is 4.68. The molecule has 1 aromatic carbocycles. The molecule has 7 nitrogen and oxygen atoms in total. The molecule has 8 heteroatoms. The first kappa shape index (κ1) is 24.9. The molecular weight excluding hydrogens is 466 g/mol. The minimum atomic E-state index is -1.04. The maximum atomic E-state index is 14.2. The van der Waals surface area contributed by atoms with Gasteiger partial charge in [0.05, 0.1) is 31.8 Å². The highest BCUT2D eigenvalue weighted by Crippen LogP contribution is 2.49. The van der Waals surface area contributed by atoms with Crippen LogP contribution in [-0.4, -0.2) is 43.8 Å². The number of allylic oxidation sites excluding steroid dienone is 1. The molecule has 0 spiro atoms. The number of nitrogens with zero attached hydrogens (tertiary/aromatic N) is 1. The van der Waals surface area contributed by atoms with E-state index in [2.05, 4.69) is 0 Å². The molecule has 4 rings (SSSR count). The van der Waals surface area contributed by atoms with E-state index < -0.39 is 35.6 Å². The maximum Gasteiger partial charge on any atom is 0.336 e. The van der Waals surface area contributed by atoms with Crippen LogP contribution < -0.4 is 4.74 Å². The average Bonchev–Trinajstić information content (AvgIpc) is 3.38. The van der Waals surface area contributed by atoms with Crippen molar-refractivity contribution in [3.8, 4) is 5.75 Å². The van der Waals surface area contributed by atoms with Crippen LogP contribution in [0.3, 0.4) is 0 Å². The second kappa shape index (κ2) is 10.6. The van der Waals surface area contributed by atoms with Gasteiger partial charge in [-0.25, -0.2) is 4.79 Å². The van der Waals surface area contributed by atoms with E-state index in [9.17, 15) is 14.4 Å². The Hall–Kier alpha value is -3.26. The van der Waals surface area contributed by atoms with Crippen molar-refractivity contribution in [2.45, 2.75) is 39.0 Å². The van der Waals surface area contributed by atoms with Crippen LogP contribution in [0, 0.1) is 11.8 Å². The van der Waals surface area contributed by atoms with Gasteiger partial charge in [0.2, 0.25) is 0 Å². The summed E-state index contributed by atoms with van der Waals surface area (Å²) in [5, 5.41) is 3.84. The van der Waals surface area contributed by atoms with E-state index in [4.69, 9.17) is 19.2 Å². The number of methoxy groups -OCH3 is 1. The fourth-order valence-electron chi connectivity index (χ4n) is 5.23. The summed E-state index contributed by atoms with van der Waals surface area (Å²) in [4.78, 5) is 45.2. The molecule has 0 radical (unpaired) electrons. The number of carbonyl (C=O) groups is 3. The van der Waals surface area contributed by atoms with Gasteiger partial charge < -0.3 is 14.2 Å². The fourth-order valence-corrected chi connectivity index (χ4v) is 5.93. The second-order valence-electron chi connectivity index (χ2n) is 8.52. The molecule has 1 unspecified atom stereocenters. The first-order chi connectivity index (χ1) is 16.9. The smallest absolute Gasteiger partial charge is 0.336 e. The number of ether oxygens (including phenoxy) is 3. The molecule has 1 aromatic heterocycles. The van der Waals surface area contributed by atoms with Crippen LogP contribution in [0.5, 0.6) is 5.75 Å². The summed E-state index contributed by atoms with van der Waals surface area (Å²) in [5.74, 6) is -3.62. The van der Waals surface area contributed by atoms with Gasteiger partial charge in [0.1, 0.15) is 11.7 Å². The largest absolute Gasteiger partial charge is 0.496 e. The highest BCUT2D eigenvalue weighted by atomic mass is 32.1. The quantitative estimate of drug-likeness (QED) is 0.409. The first-order valence-corrected chi connectivity index (χ1v) is 12.7. The highest BCUT2D eigenvalue weighted by molar-refractivity contribution is 7.08. The Morgan fingerprint density at radius 2 is 1.83 bits per heavy atom. The third-order valence-corrected chi connectivity index (χ3v) is 7.33. The van der Waals surface area contributed by atoms with Gasteiger partial charge in [-0.05, 0) is 61.2 Å². The molecule has 0 N–H and O–H groups in total. The van der Waals surface area contributed by atoms with Crippen molar-refractivity contribution in [1.29, 1.82) is 0 Å². The second-order valence-corrected chi connectivity index (χ2v) is 9.30. The van der Waals surface area contributed by atoms with E-state index in [1.54, 1.807) is 27.9 Å². The summed E-state index contributed by atoms with van der Waals surface area (Å²) in [6.07, 6.45) is 0.369. The van der Waals surface area contributed by atoms with E-state index in [-0.39, 0.29) is 19.0 Å². The molecule has 0 bridgehead atoms. The fraction of sp³-hybridized carbons (Fsp3) is 0.407. The van der Waals surface area contributed by atoms with Gasteiger partial charge in [0.15, 0.2) is 5.78 Å². The van der Waals surface area contributed by atoms with Crippen LogP contribution in [0.1, 0.15) is 50.2 Å². The van der Waals surface area contributed by atoms with Crippen molar-refractivity contribution in [2.24, 2.45) is 16.8 Å². The predicted molar refractivity (Wildman–Crippen MR) is 133 cm³/mol. The molecule has 35 heavy (non-hydrogen) atoms. The minimum absolute atomic E-state index is 0.161. The number of aliphatic imine (C=N–C) groups is 1. The number of Topliss-reactive ketones (excluding diaryl/α,β-unsaturated/α-hetero) is 1. The summed E-state index contributed by atoms with van der Waals surface area (Å²) in [6.45, 7) is 5.60. The minimum Gasteiger partial charge on any atom is -0.496 e. The van der Waals surface area contributed by atoms with Crippen LogP contribution in [0.4, 0.5) is 0 Å². The van der Waals surface area contributed by atoms with E-state index in [0.29, 0.717) is 29.2 Å². The number of benzene rings is 1. The number of para-hydroxylation sites is 1. The number of ketones is 1. The Morgan fingerprint density at radius 1 is 1.09 bits per heavy atom. The molecule has 1 aliphatic heterocycles. The van der Waals surface area contributed by atoms with E-state index >= 15 is 0 Å². The monoisotopic (exact) mass is 495 g/mol. The molecule has 0 saturated heterocycles. The van der Waals surface area contributed by atoms with Crippen molar-refractivity contribution in [3.63, 3.8) is 0 Å². The molecule has 4 atom stereocenters. The summed E-state index contributed by atoms with van der Waals surface area (Å²) in [7, 11) is 1.56. The summed E-state index contributed by atoms with van der Waals surface area (Å²) in [5.41, 5.74) is 3.15. The van der Waals surface area contributed by atoms with Gasteiger partial charge in [0, 0.05) is 23.2 Å². The molecular formula is C27H29NO6S. The molecule has 1 saturated carbocycles. The molecule has 2 heterocycles. The molecule has 1 fully saturated rings. The number of hydrogen-bond acceptors (Lipinski definition) is 8. The lowest BCUT2D eigenvalue weighted by Crippen LogP contribution is -2.48. The molecule has 1 aliphatic carbocycles. The maximum absolute atomic E-state index is 14.2. The SMILES string of the molecule is CCOC(=O)C1=C(C)N=C2C[C@@H](c3ccccc3OC)[C@@H](C(=O)OCC)C(=O)C2[C@@H]1c1ccsc1. The normalized spacial score (nSPS) is 23.9. The highest BCUT2D eigenvalue weighted by Gasteiger charge is 2.53. The van der Waals surface area contributed by atoms with Crippen LogP contribution in [0.15, 0.2) is 57.4 Å². The standard InChI is InChI=1S/C27H29NO6S/c1-5-33-26(30)21-15(3)28-19-13-18(17-9-7-8-10-20(17)32-4)23(27(31)34-6-2)25(29)24(19)22(21)16-11-12-35-14-16/h7-12,14,18,22-24H,5-6,13H2,1-4H3/t18-,22+,23+,24?/m0/s1. The van der Waals surface area contributed by atoms with Gasteiger partial charge in [-0.2, -0.15) is 11.3 Å². The van der Waals surface area contributed by atoms with Gasteiger partial charge in [-0.3, -0.25) is 14.6 Å². The number of carbonyl (C=O) groups excluding carboxylic acids is 3. The summed E-state index contributed by atoms with van der Waals surface area (Å²) in [6, 6.07) is 9.30.